The van der Waals surface area contributed by atoms with E-state index in [2.05, 4.69) is 22.9 Å². The van der Waals surface area contributed by atoms with E-state index in [0.717, 1.165) is 19.0 Å². The molecule has 0 N–H and O–H groups in total. The highest BCUT2D eigenvalue weighted by Gasteiger charge is 2.18. The van der Waals surface area contributed by atoms with Crippen molar-refractivity contribution in [1.29, 1.82) is 0 Å². The van der Waals surface area contributed by atoms with Crippen LogP contribution in [0, 0.1) is 5.92 Å². The molecule has 1 rings (SSSR count). The molecule has 1 aliphatic rings. The van der Waals surface area contributed by atoms with Gasteiger partial charge in [0.1, 0.15) is 0 Å². The summed E-state index contributed by atoms with van der Waals surface area (Å²) in [4.78, 5) is 13.1. The average Bonchev–Trinajstić information content (AvgIpc) is 2.05. The number of nitrogens with zero attached hydrogens (tertiary/aromatic N) is 1. The lowest BCUT2D eigenvalue weighted by atomic mass is 9.99. The second kappa shape index (κ2) is 4.10. The Morgan fingerprint density at radius 3 is 2.55 bits per heavy atom. The van der Waals surface area contributed by atoms with Crippen LogP contribution in [0.3, 0.4) is 0 Å². The number of halogens is 1. The summed E-state index contributed by atoms with van der Waals surface area (Å²) in [7, 11) is 0. The van der Waals surface area contributed by atoms with E-state index in [1.54, 1.807) is 0 Å². The number of piperidine rings is 1. The van der Waals surface area contributed by atoms with Crippen LogP contribution < -0.4 is 0 Å². The van der Waals surface area contributed by atoms with Gasteiger partial charge < -0.3 is 4.90 Å². The van der Waals surface area contributed by atoms with E-state index in [-0.39, 0.29) is 5.91 Å². The largest absolute Gasteiger partial charge is 0.342 e. The Bertz CT molecular complexity index is 141. The van der Waals surface area contributed by atoms with Gasteiger partial charge in [-0.05, 0) is 18.8 Å². The summed E-state index contributed by atoms with van der Waals surface area (Å²) in [5.41, 5.74) is 0. The molecule has 64 valence electrons. The number of amides is 1. The molecule has 0 radical (unpaired) electrons. The Hall–Kier alpha value is -0.0500. The van der Waals surface area contributed by atoms with Gasteiger partial charge in [0.05, 0.1) is 5.33 Å². The van der Waals surface area contributed by atoms with E-state index in [1.165, 1.54) is 12.8 Å². The monoisotopic (exact) mass is 219 g/mol. The van der Waals surface area contributed by atoms with Crippen molar-refractivity contribution < 1.29 is 4.79 Å². The van der Waals surface area contributed by atoms with Crippen molar-refractivity contribution in [1.82, 2.24) is 4.90 Å². The fourth-order valence-electron chi connectivity index (χ4n) is 1.34. The zero-order valence-electron chi connectivity index (χ0n) is 6.85. The van der Waals surface area contributed by atoms with Crippen LogP contribution in [0.1, 0.15) is 19.8 Å². The van der Waals surface area contributed by atoms with Crippen molar-refractivity contribution in [3.8, 4) is 0 Å². The fourth-order valence-corrected chi connectivity index (χ4v) is 1.70. The average molecular weight is 220 g/mol. The zero-order valence-corrected chi connectivity index (χ0v) is 8.43. The highest BCUT2D eigenvalue weighted by atomic mass is 79.9. The van der Waals surface area contributed by atoms with Gasteiger partial charge in [0.25, 0.3) is 0 Å². The molecule has 2 nitrogen and oxygen atoms in total. The predicted octanol–water partition coefficient (Wildman–Crippen LogP) is 1.64. The molecule has 0 saturated carbocycles. The summed E-state index contributed by atoms with van der Waals surface area (Å²) in [5.74, 6) is 1.03. The maximum absolute atomic E-state index is 11.2. The topological polar surface area (TPSA) is 20.3 Å². The van der Waals surface area contributed by atoms with E-state index < -0.39 is 0 Å². The molecule has 1 heterocycles. The lowest BCUT2D eigenvalue weighted by Gasteiger charge is -2.29. The van der Waals surface area contributed by atoms with Crippen molar-refractivity contribution in [2.75, 3.05) is 18.4 Å². The molecular weight excluding hydrogens is 206 g/mol. The molecule has 1 amide bonds. The first kappa shape index (κ1) is 9.04. The summed E-state index contributed by atoms with van der Waals surface area (Å²) in [5, 5.41) is 0.474. The molecule has 0 aromatic carbocycles. The molecular formula is C8H14BrNO. The van der Waals surface area contributed by atoms with Crippen LogP contribution in [-0.4, -0.2) is 29.2 Å². The number of rotatable bonds is 1. The highest BCUT2D eigenvalue weighted by molar-refractivity contribution is 9.09. The second-order valence-corrected chi connectivity index (χ2v) is 3.76. The standard InChI is InChI=1S/C8H14BrNO/c1-7-2-4-10(5-3-7)8(11)6-9/h7H,2-6H2,1H3. The van der Waals surface area contributed by atoms with Gasteiger partial charge in [0.2, 0.25) is 5.91 Å². The summed E-state index contributed by atoms with van der Waals surface area (Å²) < 4.78 is 0. The summed E-state index contributed by atoms with van der Waals surface area (Å²) in [6.45, 7) is 4.15. The molecule has 0 atom stereocenters. The third-order valence-corrected chi connectivity index (χ3v) is 2.73. The summed E-state index contributed by atoms with van der Waals surface area (Å²) in [6, 6.07) is 0. The van der Waals surface area contributed by atoms with Crippen LogP contribution in [0.4, 0.5) is 0 Å². The molecule has 0 aromatic rings. The minimum atomic E-state index is 0.233. The quantitative estimate of drug-likeness (QED) is 0.615. The Morgan fingerprint density at radius 1 is 1.55 bits per heavy atom. The Balaban J connectivity index is 2.33. The van der Waals surface area contributed by atoms with E-state index in [4.69, 9.17) is 0 Å². The Kier molecular flexibility index (Phi) is 3.37. The number of carbonyl (C=O) groups excluding carboxylic acids is 1. The zero-order chi connectivity index (χ0) is 8.27. The van der Waals surface area contributed by atoms with Gasteiger partial charge in [-0.3, -0.25) is 4.79 Å². The number of likely N-dealkylation sites (tertiary alicyclic amines) is 1. The van der Waals surface area contributed by atoms with E-state index in [0.29, 0.717) is 5.33 Å². The third-order valence-electron chi connectivity index (χ3n) is 2.25. The van der Waals surface area contributed by atoms with E-state index in [9.17, 15) is 4.79 Å². The number of hydrogen-bond donors (Lipinski definition) is 0. The first-order valence-electron chi connectivity index (χ1n) is 4.07. The molecule has 0 aliphatic carbocycles. The van der Waals surface area contributed by atoms with Crippen LogP contribution in [0.2, 0.25) is 0 Å². The summed E-state index contributed by atoms with van der Waals surface area (Å²) >= 11 is 3.17. The van der Waals surface area contributed by atoms with Crippen LogP contribution in [0.5, 0.6) is 0 Å². The molecule has 11 heavy (non-hydrogen) atoms. The van der Waals surface area contributed by atoms with Crippen LogP contribution in [0.25, 0.3) is 0 Å². The first-order valence-corrected chi connectivity index (χ1v) is 5.20. The SMILES string of the molecule is CC1CCN(C(=O)CBr)CC1. The molecule has 0 unspecified atom stereocenters. The molecule has 3 heteroatoms. The Morgan fingerprint density at radius 2 is 2.09 bits per heavy atom. The molecule has 0 bridgehead atoms. The first-order chi connectivity index (χ1) is 5.24. The second-order valence-electron chi connectivity index (χ2n) is 3.20. The van der Waals surface area contributed by atoms with Crippen molar-refractivity contribution >= 4 is 21.8 Å². The molecule has 1 saturated heterocycles. The molecule has 1 fully saturated rings. The van der Waals surface area contributed by atoms with E-state index >= 15 is 0 Å². The Labute approximate surface area is 76.1 Å². The van der Waals surface area contributed by atoms with Crippen LogP contribution in [-0.2, 0) is 4.79 Å². The van der Waals surface area contributed by atoms with Gasteiger partial charge in [-0.15, -0.1) is 0 Å². The van der Waals surface area contributed by atoms with Crippen molar-refractivity contribution in [3.63, 3.8) is 0 Å². The van der Waals surface area contributed by atoms with Gasteiger partial charge in [-0.2, -0.15) is 0 Å². The lowest BCUT2D eigenvalue weighted by Crippen LogP contribution is -2.38. The fraction of sp³-hybridized carbons (Fsp3) is 0.875. The molecule has 1 aliphatic heterocycles. The molecule has 0 aromatic heterocycles. The van der Waals surface area contributed by atoms with Gasteiger partial charge in [0, 0.05) is 13.1 Å². The van der Waals surface area contributed by atoms with Crippen LogP contribution in [0.15, 0.2) is 0 Å². The van der Waals surface area contributed by atoms with E-state index in [1.807, 2.05) is 4.90 Å². The third kappa shape index (κ3) is 2.47. The highest BCUT2D eigenvalue weighted by Crippen LogP contribution is 2.15. The van der Waals surface area contributed by atoms with Crippen molar-refractivity contribution in [2.45, 2.75) is 19.8 Å². The van der Waals surface area contributed by atoms with Crippen LogP contribution >= 0.6 is 15.9 Å². The number of carbonyl (C=O) groups is 1. The van der Waals surface area contributed by atoms with Gasteiger partial charge in [0.15, 0.2) is 0 Å². The summed E-state index contributed by atoms with van der Waals surface area (Å²) in [6.07, 6.45) is 2.33. The molecule has 0 spiro atoms. The van der Waals surface area contributed by atoms with Gasteiger partial charge in [-0.1, -0.05) is 22.9 Å². The van der Waals surface area contributed by atoms with Gasteiger partial charge >= 0.3 is 0 Å². The van der Waals surface area contributed by atoms with Crippen molar-refractivity contribution in [3.05, 3.63) is 0 Å². The minimum Gasteiger partial charge on any atom is -0.342 e. The predicted molar refractivity (Wildman–Crippen MR) is 48.8 cm³/mol. The maximum atomic E-state index is 11.2. The smallest absolute Gasteiger partial charge is 0.233 e. The maximum Gasteiger partial charge on any atom is 0.233 e. The normalized spacial score (nSPS) is 20.4. The van der Waals surface area contributed by atoms with Gasteiger partial charge in [-0.25, -0.2) is 0 Å². The van der Waals surface area contributed by atoms with Crippen molar-refractivity contribution in [2.24, 2.45) is 5.92 Å². The lowest BCUT2D eigenvalue weighted by molar-refractivity contribution is -0.129. The minimum absolute atomic E-state index is 0.233. The number of alkyl halides is 1. The number of hydrogen-bond acceptors (Lipinski definition) is 1.